The van der Waals surface area contributed by atoms with Crippen LogP contribution in [0.4, 0.5) is 5.95 Å². The molecular weight excluding hydrogens is 400 g/mol. The second-order valence-corrected chi connectivity index (χ2v) is 6.83. The molecule has 0 bridgehead atoms. The number of benzene rings is 1. The third-order valence-corrected chi connectivity index (χ3v) is 4.78. The van der Waals surface area contributed by atoms with Crippen LogP contribution in [0.2, 0.25) is 0 Å². The van der Waals surface area contributed by atoms with E-state index in [-0.39, 0.29) is 23.9 Å². The maximum Gasteiger partial charge on any atom is 0.290 e. The molecule has 31 heavy (non-hydrogen) atoms. The number of anilines is 1. The molecule has 2 heterocycles. The summed E-state index contributed by atoms with van der Waals surface area (Å²) in [6.07, 6.45) is 0.793. The maximum absolute atomic E-state index is 12.3. The van der Waals surface area contributed by atoms with Gasteiger partial charge in [-0.3, -0.25) is 24.0 Å². The molecule has 0 radical (unpaired) electrons. The van der Waals surface area contributed by atoms with Crippen molar-refractivity contribution < 1.29 is 14.7 Å². The van der Waals surface area contributed by atoms with E-state index in [1.807, 2.05) is 11.6 Å². The first-order valence-electron chi connectivity index (χ1n) is 9.60. The molecule has 3 aromatic rings. The number of carboxylic acid groups (broad SMARTS) is 1. The molecule has 0 aliphatic rings. The lowest BCUT2D eigenvalue weighted by Crippen LogP contribution is -2.25. The molecular formula is C21H26N6O4. The van der Waals surface area contributed by atoms with Gasteiger partial charge in [-0.1, -0.05) is 12.1 Å². The van der Waals surface area contributed by atoms with Crippen LogP contribution < -0.4 is 16.6 Å². The molecule has 0 aliphatic heterocycles. The van der Waals surface area contributed by atoms with E-state index in [0.29, 0.717) is 23.4 Å². The Balaban J connectivity index is 0.00000107. The summed E-state index contributed by atoms with van der Waals surface area (Å²) in [6, 6.07) is 8.26. The number of amides is 1. The second-order valence-electron chi connectivity index (χ2n) is 6.83. The average molecular weight is 426 g/mol. The Kier molecular flexibility index (Phi) is 8.07. The molecule has 0 atom stereocenters. The third kappa shape index (κ3) is 6.26. The third-order valence-electron chi connectivity index (χ3n) is 4.78. The standard InChI is InChI=1S/C20H24N6O2.CH2O2/c1-12-13(2)25-26(14(12)3)10-4-9-22-19(28)16-7-5-15(6-8-16)17-11-18(27)24-20(21)23-17;2-1-3/h5-8,11H,4,9-10H2,1-3H3,(H,22,28)(H3,21,23,24,27);1H,(H,2,3). The monoisotopic (exact) mass is 426 g/mol. The number of hydrogen-bond acceptors (Lipinski definition) is 6. The number of carbonyl (C=O) groups excluding carboxylic acids is 1. The summed E-state index contributed by atoms with van der Waals surface area (Å²) >= 11 is 0. The van der Waals surface area contributed by atoms with Crippen LogP contribution in [0.1, 0.15) is 33.7 Å². The number of hydrogen-bond donors (Lipinski definition) is 4. The van der Waals surface area contributed by atoms with Crippen molar-refractivity contribution in [3.63, 3.8) is 0 Å². The Bertz CT molecular complexity index is 1100. The van der Waals surface area contributed by atoms with Gasteiger partial charge in [0.25, 0.3) is 17.9 Å². The number of nitrogens with one attached hydrogen (secondary N) is 2. The molecule has 1 amide bonds. The molecule has 10 heteroatoms. The number of aromatic nitrogens is 4. The van der Waals surface area contributed by atoms with Crippen molar-refractivity contribution in [2.75, 3.05) is 12.3 Å². The number of nitrogen functional groups attached to an aromatic ring is 1. The minimum Gasteiger partial charge on any atom is -0.483 e. The van der Waals surface area contributed by atoms with E-state index in [4.69, 9.17) is 15.6 Å². The van der Waals surface area contributed by atoms with Crippen LogP contribution in [-0.4, -0.2) is 43.8 Å². The van der Waals surface area contributed by atoms with Crippen LogP contribution in [0.3, 0.4) is 0 Å². The number of nitrogens with zero attached hydrogens (tertiary/aromatic N) is 3. The number of nitrogens with two attached hydrogens (primary N) is 1. The van der Waals surface area contributed by atoms with Crippen molar-refractivity contribution in [3.8, 4) is 11.3 Å². The zero-order valence-electron chi connectivity index (χ0n) is 17.7. The highest BCUT2D eigenvalue weighted by Gasteiger charge is 2.09. The number of aromatic amines is 1. The van der Waals surface area contributed by atoms with Gasteiger partial charge in [-0.15, -0.1) is 0 Å². The molecule has 0 unspecified atom stereocenters. The fraction of sp³-hybridized carbons (Fsp3) is 0.286. The molecule has 0 saturated heterocycles. The summed E-state index contributed by atoms with van der Waals surface area (Å²) in [7, 11) is 0. The summed E-state index contributed by atoms with van der Waals surface area (Å²) in [5.74, 6) is -0.0865. The molecule has 1 aromatic carbocycles. The van der Waals surface area contributed by atoms with Gasteiger partial charge in [0.2, 0.25) is 5.95 Å². The highest BCUT2D eigenvalue weighted by Crippen LogP contribution is 2.16. The van der Waals surface area contributed by atoms with Gasteiger partial charge in [0, 0.05) is 36.0 Å². The first-order chi connectivity index (χ1) is 14.8. The molecule has 0 aliphatic carbocycles. The zero-order chi connectivity index (χ0) is 23.0. The summed E-state index contributed by atoms with van der Waals surface area (Å²) in [5.41, 5.74) is 10.4. The first kappa shape index (κ1) is 23.3. The minimum atomic E-state index is -0.317. The highest BCUT2D eigenvalue weighted by atomic mass is 16.3. The molecule has 3 rings (SSSR count). The van der Waals surface area contributed by atoms with Gasteiger partial charge in [-0.25, -0.2) is 4.98 Å². The summed E-state index contributed by atoms with van der Waals surface area (Å²) < 4.78 is 1.98. The fourth-order valence-electron chi connectivity index (χ4n) is 2.95. The topological polar surface area (TPSA) is 156 Å². The van der Waals surface area contributed by atoms with Crippen molar-refractivity contribution in [1.82, 2.24) is 25.1 Å². The van der Waals surface area contributed by atoms with Crippen LogP contribution in [0.5, 0.6) is 0 Å². The Hall–Kier alpha value is -3.95. The van der Waals surface area contributed by atoms with Crippen LogP contribution in [0.25, 0.3) is 11.3 Å². The second kappa shape index (κ2) is 10.7. The lowest BCUT2D eigenvalue weighted by molar-refractivity contribution is -0.122. The van der Waals surface area contributed by atoms with Crippen molar-refractivity contribution in [2.24, 2.45) is 0 Å². The van der Waals surface area contributed by atoms with Gasteiger partial charge in [-0.05, 0) is 44.9 Å². The van der Waals surface area contributed by atoms with E-state index < -0.39 is 0 Å². The van der Waals surface area contributed by atoms with Crippen LogP contribution in [0.15, 0.2) is 35.1 Å². The predicted octanol–water partition coefficient (Wildman–Crippen LogP) is 1.66. The van der Waals surface area contributed by atoms with Gasteiger partial charge in [-0.2, -0.15) is 5.10 Å². The normalized spacial score (nSPS) is 10.2. The first-order valence-corrected chi connectivity index (χ1v) is 9.60. The van der Waals surface area contributed by atoms with Crippen LogP contribution in [-0.2, 0) is 11.3 Å². The van der Waals surface area contributed by atoms with Crippen LogP contribution in [0, 0.1) is 20.8 Å². The average Bonchev–Trinajstić information content (AvgIpc) is 2.98. The number of H-pyrrole nitrogens is 1. The number of aryl methyl sites for hydroxylation is 2. The van der Waals surface area contributed by atoms with E-state index in [9.17, 15) is 9.59 Å². The Morgan fingerprint density at radius 3 is 2.45 bits per heavy atom. The van der Waals surface area contributed by atoms with E-state index >= 15 is 0 Å². The molecule has 10 nitrogen and oxygen atoms in total. The van der Waals surface area contributed by atoms with Crippen molar-refractivity contribution >= 4 is 18.3 Å². The van der Waals surface area contributed by atoms with E-state index in [2.05, 4.69) is 34.2 Å². The van der Waals surface area contributed by atoms with Gasteiger partial charge in [0.15, 0.2) is 0 Å². The molecule has 0 spiro atoms. The van der Waals surface area contributed by atoms with E-state index in [1.54, 1.807) is 24.3 Å². The maximum atomic E-state index is 12.3. The molecule has 0 fully saturated rings. The van der Waals surface area contributed by atoms with Crippen LogP contribution >= 0.6 is 0 Å². The van der Waals surface area contributed by atoms with Gasteiger partial charge < -0.3 is 16.2 Å². The van der Waals surface area contributed by atoms with Crippen molar-refractivity contribution in [1.29, 1.82) is 0 Å². The lowest BCUT2D eigenvalue weighted by Gasteiger charge is -2.08. The quantitative estimate of drug-likeness (QED) is 0.345. The number of rotatable bonds is 6. The van der Waals surface area contributed by atoms with E-state index in [0.717, 1.165) is 24.4 Å². The minimum absolute atomic E-state index is 0.0575. The fourth-order valence-corrected chi connectivity index (χ4v) is 2.95. The smallest absolute Gasteiger partial charge is 0.290 e. The predicted molar refractivity (Wildman–Crippen MR) is 117 cm³/mol. The lowest BCUT2D eigenvalue weighted by atomic mass is 10.1. The zero-order valence-corrected chi connectivity index (χ0v) is 17.7. The van der Waals surface area contributed by atoms with E-state index in [1.165, 1.54) is 11.6 Å². The van der Waals surface area contributed by atoms with Crippen molar-refractivity contribution in [3.05, 3.63) is 63.2 Å². The highest BCUT2D eigenvalue weighted by molar-refractivity contribution is 5.94. The van der Waals surface area contributed by atoms with Gasteiger partial charge in [0.1, 0.15) is 0 Å². The van der Waals surface area contributed by atoms with Gasteiger partial charge >= 0.3 is 0 Å². The molecule has 2 aromatic heterocycles. The Morgan fingerprint density at radius 1 is 1.26 bits per heavy atom. The Morgan fingerprint density at radius 2 is 1.90 bits per heavy atom. The largest absolute Gasteiger partial charge is 0.483 e. The van der Waals surface area contributed by atoms with Gasteiger partial charge in [0.05, 0.1) is 11.4 Å². The SMILES string of the molecule is Cc1nn(CCCNC(=O)c2ccc(-c3cc(=O)[nH]c(N)n3)cc2)c(C)c1C.O=CO. The Labute approximate surface area is 179 Å². The van der Waals surface area contributed by atoms with Crippen molar-refractivity contribution in [2.45, 2.75) is 33.7 Å². The summed E-state index contributed by atoms with van der Waals surface area (Å²) in [4.78, 5) is 38.7. The number of carbonyl (C=O) groups is 2. The molecule has 5 N–H and O–H groups in total. The summed E-state index contributed by atoms with van der Waals surface area (Å²) in [6.45, 7) is 7.19. The molecule has 164 valence electrons. The molecule has 0 saturated carbocycles. The summed E-state index contributed by atoms with van der Waals surface area (Å²) in [5, 5.41) is 14.3.